The van der Waals surface area contributed by atoms with E-state index < -0.39 is 10.9 Å². The summed E-state index contributed by atoms with van der Waals surface area (Å²) in [6.45, 7) is 10.3. The van der Waals surface area contributed by atoms with Gasteiger partial charge in [0.2, 0.25) is 0 Å². The van der Waals surface area contributed by atoms with Gasteiger partial charge in [-0.2, -0.15) is 0 Å². The van der Waals surface area contributed by atoms with Crippen molar-refractivity contribution in [2.45, 2.75) is 111 Å². The number of fused-ring (bicyclic) bond motifs is 5. The molecule has 1 aromatic rings. The first-order chi connectivity index (χ1) is 18.6. The van der Waals surface area contributed by atoms with Gasteiger partial charge in [-0.1, -0.05) is 65.5 Å². The van der Waals surface area contributed by atoms with E-state index in [0.29, 0.717) is 17.4 Å². The average Bonchev–Trinajstić information content (AvgIpc) is 3.28. The normalized spacial score (nSPS) is 37.2. The van der Waals surface area contributed by atoms with E-state index in [0.717, 1.165) is 48.3 Å². The van der Waals surface area contributed by atoms with Gasteiger partial charge in [0.05, 0.1) is 11.5 Å². The maximum Gasteiger partial charge on any atom is 0.345 e. The van der Waals surface area contributed by atoms with Crippen molar-refractivity contribution in [1.29, 1.82) is 0 Å². The van der Waals surface area contributed by atoms with Gasteiger partial charge in [0.25, 0.3) is 5.69 Å². The Morgan fingerprint density at radius 3 is 2.54 bits per heavy atom. The fourth-order valence-corrected chi connectivity index (χ4v) is 10.4. The van der Waals surface area contributed by atoms with Crippen LogP contribution in [0.5, 0.6) is 0 Å². The highest BCUT2D eigenvalue weighted by Crippen LogP contribution is 2.68. The molecule has 0 aromatic heterocycles. The van der Waals surface area contributed by atoms with E-state index in [1.54, 1.807) is 12.1 Å². The number of ether oxygens (including phenoxy) is 1. The molecule has 0 saturated heterocycles. The van der Waals surface area contributed by atoms with Crippen LogP contribution in [-0.4, -0.2) is 17.5 Å². The predicted octanol–water partition coefficient (Wildman–Crippen LogP) is 9.24. The lowest BCUT2D eigenvalue weighted by molar-refractivity contribution is -0.385. The van der Waals surface area contributed by atoms with Crippen molar-refractivity contribution in [3.63, 3.8) is 0 Å². The van der Waals surface area contributed by atoms with Gasteiger partial charge >= 0.3 is 5.97 Å². The lowest BCUT2D eigenvalue weighted by atomic mass is 9.44. The molecule has 4 aliphatic carbocycles. The average molecular weight is 538 g/mol. The topological polar surface area (TPSA) is 69.4 Å². The standard InChI is InChI=1S/C34H51NO4/c1-23(22-39-32(36)27-13-5-6-14-31(27)35(37)38)10-9-11-24(2)28-17-18-29-26-16-15-25-12-7-8-20-33(25,3)30(26)19-21-34(28,29)4/h5-6,13-14,23-26,28-30H,7-12,15-22H2,1-4H3/t23?,24-,25?,26+,28-,29+,30+,33+,34-/m1/s1. The predicted molar refractivity (Wildman–Crippen MR) is 155 cm³/mol. The Kier molecular flexibility index (Phi) is 8.46. The van der Waals surface area contributed by atoms with Crippen molar-refractivity contribution in [2.24, 2.45) is 52.3 Å². The van der Waals surface area contributed by atoms with E-state index >= 15 is 0 Å². The molecule has 5 heteroatoms. The lowest BCUT2D eigenvalue weighted by Gasteiger charge is -2.61. The van der Waals surface area contributed by atoms with E-state index in [2.05, 4.69) is 27.7 Å². The zero-order chi connectivity index (χ0) is 27.8. The molecule has 39 heavy (non-hydrogen) atoms. The molecule has 0 N–H and O–H groups in total. The van der Waals surface area contributed by atoms with Crippen LogP contribution in [0, 0.1) is 62.4 Å². The summed E-state index contributed by atoms with van der Waals surface area (Å²) < 4.78 is 5.48. The number of esters is 1. The van der Waals surface area contributed by atoms with Gasteiger partial charge in [0.15, 0.2) is 0 Å². The number of carbonyl (C=O) groups is 1. The van der Waals surface area contributed by atoms with Crippen molar-refractivity contribution in [3.8, 4) is 0 Å². The van der Waals surface area contributed by atoms with Crippen LogP contribution in [0.25, 0.3) is 0 Å². The van der Waals surface area contributed by atoms with Crippen LogP contribution in [0.15, 0.2) is 24.3 Å². The summed E-state index contributed by atoms with van der Waals surface area (Å²) in [5, 5.41) is 11.2. The van der Waals surface area contributed by atoms with Crippen molar-refractivity contribution in [3.05, 3.63) is 39.9 Å². The lowest BCUT2D eigenvalue weighted by Crippen LogP contribution is -2.53. The van der Waals surface area contributed by atoms with Crippen LogP contribution in [0.3, 0.4) is 0 Å². The SMILES string of the molecule is CC(CCC[C@@H](C)[C@H]1CC[C@H]2[C@@H]3CCC4CCCC[C@]4(C)[C@H]3CC[C@]12C)COC(=O)c1ccccc1[N+](=O)[O-]. The van der Waals surface area contributed by atoms with Gasteiger partial charge in [0.1, 0.15) is 5.56 Å². The van der Waals surface area contributed by atoms with Gasteiger partial charge in [0, 0.05) is 6.07 Å². The summed E-state index contributed by atoms with van der Waals surface area (Å²) in [6, 6.07) is 6.02. The van der Waals surface area contributed by atoms with Gasteiger partial charge < -0.3 is 4.74 Å². The highest BCUT2D eigenvalue weighted by Gasteiger charge is 2.60. The minimum absolute atomic E-state index is 0.0352. The Bertz CT molecular complexity index is 1040. The number of carbonyl (C=O) groups excluding carboxylic acids is 1. The second kappa shape index (κ2) is 11.5. The molecule has 2 unspecified atom stereocenters. The molecular formula is C34H51NO4. The maximum absolute atomic E-state index is 12.5. The Balaban J connectivity index is 1.10. The van der Waals surface area contributed by atoms with Gasteiger partial charge in [-0.05, 0) is 116 Å². The van der Waals surface area contributed by atoms with Gasteiger partial charge in [-0.25, -0.2) is 4.79 Å². The quantitative estimate of drug-likeness (QED) is 0.179. The van der Waals surface area contributed by atoms with Crippen LogP contribution in [0.4, 0.5) is 5.69 Å². The fraction of sp³-hybridized carbons (Fsp3) is 0.794. The highest BCUT2D eigenvalue weighted by molar-refractivity contribution is 5.93. The van der Waals surface area contributed by atoms with Crippen LogP contribution < -0.4 is 0 Å². The molecule has 0 aliphatic heterocycles. The number of para-hydroxylation sites is 1. The van der Waals surface area contributed by atoms with Crippen LogP contribution in [-0.2, 0) is 4.74 Å². The molecule has 0 amide bonds. The van der Waals surface area contributed by atoms with Crippen molar-refractivity contribution < 1.29 is 14.5 Å². The smallest absolute Gasteiger partial charge is 0.345 e. The molecule has 1 aromatic carbocycles. The molecule has 4 saturated carbocycles. The Labute approximate surface area is 236 Å². The van der Waals surface area contributed by atoms with Crippen molar-refractivity contribution in [2.75, 3.05) is 6.61 Å². The molecule has 0 heterocycles. The molecule has 0 spiro atoms. The molecule has 5 nitrogen and oxygen atoms in total. The van der Waals surface area contributed by atoms with E-state index in [-0.39, 0.29) is 17.2 Å². The Morgan fingerprint density at radius 2 is 1.74 bits per heavy atom. The summed E-state index contributed by atoms with van der Waals surface area (Å²) in [5.74, 6) is 5.10. The van der Waals surface area contributed by atoms with E-state index in [1.807, 2.05) is 0 Å². The summed E-state index contributed by atoms with van der Waals surface area (Å²) in [5.41, 5.74) is 0.983. The van der Waals surface area contributed by atoms with E-state index in [9.17, 15) is 14.9 Å². The Morgan fingerprint density at radius 1 is 0.974 bits per heavy atom. The maximum atomic E-state index is 12.5. The third-order valence-corrected chi connectivity index (χ3v) is 12.5. The molecule has 9 atom stereocenters. The number of hydrogen-bond acceptors (Lipinski definition) is 4. The zero-order valence-electron chi connectivity index (χ0n) is 24.8. The van der Waals surface area contributed by atoms with Gasteiger partial charge in [-0.3, -0.25) is 10.1 Å². The largest absolute Gasteiger partial charge is 0.462 e. The number of hydrogen-bond donors (Lipinski definition) is 0. The first-order valence-electron chi connectivity index (χ1n) is 16.1. The number of nitro benzene ring substituents is 1. The molecule has 0 radical (unpaired) electrons. The number of rotatable bonds is 9. The summed E-state index contributed by atoms with van der Waals surface area (Å²) in [7, 11) is 0. The third-order valence-electron chi connectivity index (χ3n) is 12.5. The Hall–Kier alpha value is -1.91. The molecule has 0 bridgehead atoms. The molecule has 4 fully saturated rings. The monoisotopic (exact) mass is 537 g/mol. The number of nitrogens with zero attached hydrogens (tertiary/aromatic N) is 1. The van der Waals surface area contributed by atoms with Crippen LogP contribution in [0.1, 0.15) is 122 Å². The first-order valence-corrected chi connectivity index (χ1v) is 16.1. The fourth-order valence-electron chi connectivity index (χ4n) is 10.4. The van der Waals surface area contributed by atoms with E-state index in [4.69, 9.17) is 4.74 Å². The van der Waals surface area contributed by atoms with Gasteiger partial charge in [-0.15, -0.1) is 0 Å². The molecule has 216 valence electrons. The number of benzene rings is 1. The molecule has 5 rings (SSSR count). The van der Waals surface area contributed by atoms with Crippen molar-refractivity contribution >= 4 is 11.7 Å². The van der Waals surface area contributed by atoms with Crippen LogP contribution >= 0.6 is 0 Å². The molecule has 4 aliphatic rings. The first kappa shape index (κ1) is 28.6. The second-order valence-corrected chi connectivity index (χ2v) is 14.5. The zero-order valence-corrected chi connectivity index (χ0v) is 24.8. The summed E-state index contributed by atoms with van der Waals surface area (Å²) in [6.07, 6.45) is 18.1. The third kappa shape index (κ3) is 5.40. The van der Waals surface area contributed by atoms with Crippen molar-refractivity contribution in [1.82, 2.24) is 0 Å². The minimum Gasteiger partial charge on any atom is -0.462 e. The second-order valence-electron chi connectivity index (χ2n) is 14.5. The molecular weight excluding hydrogens is 486 g/mol. The summed E-state index contributed by atoms with van der Waals surface area (Å²) >= 11 is 0. The highest BCUT2D eigenvalue weighted by atomic mass is 16.6. The number of nitro groups is 1. The van der Waals surface area contributed by atoms with Crippen LogP contribution in [0.2, 0.25) is 0 Å². The summed E-state index contributed by atoms with van der Waals surface area (Å²) in [4.78, 5) is 23.2. The minimum atomic E-state index is -0.598. The van der Waals surface area contributed by atoms with E-state index in [1.165, 1.54) is 82.8 Å².